The van der Waals surface area contributed by atoms with Crippen molar-refractivity contribution >= 4 is 28.6 Å². The van der Waals surface area contributed by atoms with Gasteiger partial charge in [0.05, 0.1) is 0 Å². The van der Waals surface area contributed by atoms with E-state index in [0.29, 0.717) is 18.9 Å². The van der Waals surface area contributed by atoms with Gasteiger partial charge in [0.25, 0.3) is 5.91 Å². The van der Waals surface area contributed by atoms with E-state index in [0.717, 1.165) is 30.2 Å². The van der Waals surface area contributed by atoms with Crippen LogP contribution in [0.4, 0.5) is 9.93 Å². The Hall–Kier alpha value is -1.70. The first-order valence-corrected chi connectivity index (χ1v) is 8.47. The van der Waals surface area contributed by atoms with Gasteiger partial charge in [-0.3, -0.25) is 10.1 Å². The van der Waals surface area contributed by atoms with Crippen LogP contribution in [0.1, 0.15) is 38.9 Å². The van der Waals surface area contributed by atoms with Crippen molar-refractivity contribution in [3.05, 3.63) is 5.82 Å². The zero-order valence-corrected chi connectivity index (χ0v) is 13.6. The molecule has 120 valence electrons. The van der Waals surface area contributed by atoms with Crippen LogP contribution >= 0.6 is 11.5 Å². The molecule has 1 saturated carbocycles. The number of aromatic nitrogens is 2. The Kier molecular flexibility index (Phi) is 4.03. The molecule has 2 atom stereocenters. The second-order valence-electron chi connectivity index (χ2n) is 6.46. The summed E-state index contributed by atoms with van der Waals surface area (Å²) < 4.78 is 4.34. The van der Waals surface area contributed by atoms with Gasteiger partial charge in [0.15, 0.2) is 0 Å². The minimum atomic E-state index is -0.741. The van der Waals surface area contributed by atoms with Crippen molar-refractivity contribution in [2.45, 2.75) is 45.1 Å². The summed E-state index contributed by atoms with van der Waals surface area (Å²) in [4.78, 5) is 28.0. The number of nitrogens with one attached hydrogen (secondary N) is 3. The third-order valence-corrected chi connectivity index (χ3v) is 5.06. The summed E-state index contributed by atoms with van der Waals surface area (Å²) in [6.07, 6.45) is 3.42. The molecule has 3 rings (SSSR count). The molecule has 1 spiro atoms. The number of anilines is 1. The normalized spacial score (nSPS) is 27.5. The van der Waals surface area contributed by atoms with Crippen LogP contribution in [0.3, 0.4) is 0 Å². The molecule has 2 fully saturated rings. The van der Waals surface area contributed by atoms with Gasteiger partial charge in [0.2, 0.25) is 5.13 Å². The van der Waals surface area contributed by atoms with Crippen molar-refractivity contribution in [3.63, 3.8) is 0 Å². The topological polar surface area (TPSA) is 96.0 Å². The van der Waals surface area contributed by atoms with Crippen molar-refractivity contribution in [2.75, 3.05) is 11.9 Å². The van der Waals surface area contributed by atoms with Crippen molar-refractivity contribution in [2.24, 2.45) is 11.8 Å². The number of imide groups is 1. The summed E-state index contributed by atoms with van der Waals surface area (Å²) in [6, 6.07) is -0.382. The lowest BCUT2D eigenvalue weighted by Gasteiger charge is -2.27. The van der Waals surface area contributed by atoms with Crippen LogP contribution in [0.15, 0.2) is 0 Å². The number of hydrogen-bond donors (Lipinski definition) is 3. The first kappa shape index (κ1) is 15.2. The van der Waals surface area contributed by atoms with Crippen molar-refractivity contribution in [1.29, 1.82) is 0 Å². The number of amides is 3. The van der Waals surface area contributed by atoms with Gasteiger partial charge < -0.3 is 10.6 Å². The van der Waals surface area contributed by atoms with Gasteiger partial charge in [-0.2, -0.15) is 4.37 Å². The Morgan fingerprint density at radius 2 is 2.27 bits per heavy atom. The molecule has 7 nitrogen and oxygen atoms in total. The average molecular weight is 323 g/mol. The summed E-state index contributed by atoms with van der Waals surface area (Å²) >= 11 is 1.35. The van der Waals surface area contributed by atoms with Crippen LogP contribution in [0.25, 0.3) is 0 Å². The quantitative estimate of drug-likeness (QED) is 0.714. The standard InChI is InChI=1S/C14H21N5O2S/c1-8(2)6-10-16-13(22-19-10)15-7-9-4-3-5-14(9)11(20)17-12(21)18-14/h8-9H,3-7H2,1-2H3,(H,15,16,19)(H2,17,18,20,21)/t9-,14+/m0/s1. The molecule has 3 amide bonds. The largest absolute Gasteiger partial charge is 0.360 e. The molecule has 2 aliphatic rings. The maximum Gasteiger partial charge on any atom is 0.322 e. The van der Waals surface area contributed by atoms with Crippen LogP contribution in [0.5, 0.6) is 0 Å². The van der Waals surface area contributed by atoms with Crippen LogP contribution in [-0.4, -0.2) is 33.4 Å². The second kappa shape index (κ2) is 5.83. The summed E-state index contributed by atoms with van der Waals surface area (Å²) in [5.74, 6) is 1.27. The lowest BCUT2D eigenvalue weighted by atomic mass is 9.87. The smallest absolute Gasteiger partial charge is 0.322 e. The number of hydrogen-bond acceptors (Lipinski definition) is 6. The third kappa shape index (κ3) is 2.79. The maximum atomic E-state index is 12.1. The van der Waals surface area contributed by atoms with Gasteiger partial charge >= 0.3 is 6.03 Å². The first-order chi connectivity index (χ1) is 10.5. The second-order valence-corrected chi connectivity index (χ2v) is 7.22. The monoisotopic (exact) mass is 323 g/mol. The lowest BCUT2D eigenvalue weighted by molar-refractivity contribution is -0.125. The summed E-state index contributed by atoms with van der Waals surface area (Å²) in [7, 11) is 0. The number of carbonyl (C=O) groups excluding carboxylic acids is 2. The number of urea groups is 1. The minimum absolute atomic E-state index is 0.0800. The summed E-state index contributed by atoms with van der Waals surface area (Å²) in [5.41, 5.74) is -0.741. The Morgan fingerprint density at radius 1 is 1.45 bits per heavy atom. The summed E-state index contributed by atoms with van der Waals surface area (Å²) in [5, 5.41) is 9.25. The highest BCUT2D eigenvalue weighted by Crippen LogP contribution is 2.38. The third-order valence-electron chi connectivity index (χ3n) is 4.35. The molecule has 1 saturated heterocycles. The zero-order valence-electron chi connectivity index (χ0n) is 12.8. The molecule has 3 N–H and O–H groups in total. The fourth-order valence-electron chi connectivity index (χ4n) is 3.31. The van der Waals surface area contributed by atoms with Crippen LogP contribution < -0.4 is 16.0 Å². The van der Waals surface area contributed by atoms with E-state index in [1.165, 1.54) is 11.5 Å². The Labute approximate surface area is 133 Å². The molecule has 2 heterocycles. The Balaban J connectivity index is 1.62. The van der Waals surface area contributed by atoms with Crippen molar-refractivity contribution < 1.29 is 9.59 Å². The minimum Gasteiger partial charge on any atom is -0.360 e. The SMILES string of the molecule is CC(C)Cc1nsc(NC[C@@H]2CCC[C@@]23NC(=O)NC3=O)n1. The molecular formula is C14H21N5O2S. The molecule has 1 aliphatic carbocycles. The summed E-state index contributed by atoms with van der Waals surface area (Å²) in [6.45, 7) is 4.89. The first-order valence-electron chi connectivity index (χ1n) is 7.69. The van der Waals surface area contributed by atoms with E-state index in [-0.39, 0.29) is 17.9 Å². The van der Waals surface area contributed by atoms with E-state index >= 15 is 0 Å². The van der Waals surface area contributed by atoms with E-state index in [9.17, 15) is 9.59 Å². The zero-order chi connectivity index (χ0) is 15.7. The molecule has 8 heteroatoms. The highest BCUT2D eigenvalue weighted by atomic mass is 32.1. The van der Waals surface area contributed by atoms with Crippen LogP contribution in [0, 0.1) is 11.8 Å². The van der Waals surface area contributed by atoms with E-state index in [4.69, 9.17) is 0 Å². The lowest BCUT2D eigenvalue weighted by Crippen LogP contribution is -2.51. The van der Waals surface area contributed by atoms with Crippen molar-refractivity contribution in [1.82, 2.24) is 20.0 Å². The van der Waals surface area contributed by atoms with E-state index < -0.39 is 5.54 Å². The van der Waals surface area contributed by atoms with Gasteiger partial charge in [0.1, 0.15) is 11.4 Å². The molecule has 22 heavy (non-hydrogen) atoms. The molecule has 1 aromatic rings. The highest BCUT2D eigenvalue weighted by molar-refractivity contribution is 7.09. The van der Waals surface area contributed by atoms with Gasteiger partial charge in [-0.05, 0) is 18.8 Å². The molecule has 0 bridgehead atoms. The molecule has 0 aromatic carbocycles. The fraction of sp³-hybridized carbons (Fsp3) is 0.714. The van der Waals surface area contributed by atoms with Crippen LogP contribution in [-0.2, 0) is 11.2 Å². The molecule has 0 unspecified atom stereocenters. The van der Waals surface area contributed by atoms with E-state index in [1.54, 1.807) is 0 Å². The fourth-order valence-corrected chi connectivity index (χ4v) is 3.91. The number of rotatable bonds is 5. The average Bonchev–Trinajstić information content (AvgIpc) is 3.09. The van der Waals surface area contributed by atoms with E-state index in [1.807, 2.05) is 0 Å². The van der Waals surface area contributed by atoms with Gasteiger partial charge in [-0.1, -0.05) is 20.3 Å². The Bertz CT molecular complexity index is 588. The number of carbonyl (C=O) groups is 2. The molecule has 1 aliphatic heterocycles. The highest BCUT2D eigenvalue weighted by Gasteiger charge is 2.54. The van der Waals surface area contributed by atoms with Gasteiger partial charge in [-0.25, -0.2) is 9.78 Å². The Morgan fingerprint density at radius 3 is 2.95 bits per heavy atom. The van der Waals surface area contributed by atoms with E-state index in [2.05, 4.69) is 39.2 Å². The predicted molar refractivity (Wildman–Crippen MR) is 83.7 cm³/mol. The van der Waals surface area contributed by atoms with Gasteiger partial charge in [-0.15, -0.1) is 0 Å². The van der Waals surface area contributed by atoms with Crippen LogP contribution in [0.2, 0.25) is 0 Å². The molecule has 0 radical (unpaired) electrons. The number of nitrogens with zero attached hydrogens (tertiary/aromatic N) is 2. The predicted octanol–water partition coefficient (Wildman–Crippen LogP) is 1.53. The molecular weight excluding hydrogens is 302 g/mol. The molecule has 1 aromatic heterocycles. The van der Waals surface area contributed by atoms with Crippen molar-refractivity contribution in [3.8, 4) is 0 Å². The maximum absolute atomic E-state index is 12.1. The van der Waals surface area contributed by atoms with Gasteiger partial charge in [0, 0.05) is 30.4 Å².